The molecule has 2 heterocycles. The third-order valence-electron chi connectivity index (χ3n) is 3.79. The lowest BCUT2D eigenvalue weighted by atomic mass is 10.3. The first-order valence-electron chi connectivity index (χ1n) is 8.36. The Morgan fingerprint density at radius 3 is 2.64 bits per heavy atom. The summed E-state index contributed by atoms with van der Waals surface area (Å²) in [5.74, 6) is -1.25. The van der Waals surface area contributed by atoms with Crippen LogP contribution in [0, 0.1) is 5.82 Å². The first-order chi connectivity index (χ1) is 13.3. The summed E-state index contributed by atoms with van der Waals surface area (Å²) in [6, 6.07) is 10.9. The first-order valence-corrected chi connectivity index (χ1v) is 9.84. The molecule has 0 unspecified atom stereocenters. The fourth-order valence-electron chi connectivity index (χ4n) is 2.42. The van der Waals surface area contributed by atoms with E-state index in [9.17, 15) is 17.6 Å². The second kappa shape index (κ2) is 8.28. The number of halogens is 1. The number of amides is 1. The molecule has 1 atom stereocenters. The third kappa shape index (κ3) is 4.78. The van der Waals surface area contributed by atoms with Crippen molar-refractivity contribution in [1.82, 2.24) is 19.5 Å². The second-order valence-corrected chi connectivity index (χ2v) is 7.66. The number of nitrogens with zero attached hydrogens (tertiary/aromatic N) is 3. The summed E-state index contributed by atoms with van der Waals surface area (Å²) in [5, 5.41) is 6.73. The minimum absolute atomic E-state index is 0.262. The number of carbonyl (C=O) groups is 1. The zero-order valence-electron chi connectivity index (χ0n) is 14.9. The van der Waals surface area contributed by atoms with E-state index in [1.807, 2.05) is 18.2 Å². The highest BCUT2D eigenvalue weighted by Gasteiger charge is 2.24. The summed E-state index contributed by atoms with van der Waals surface area (Å²) in [4.78, 5) is 16.0. The van der Waals surface area contributed by atoms with Gasteiger partial charge in [0.1, 0.15) is 10.7 Å². The Bertz CT molecular complexity index is 1070. The van der Waals surface area contributed by atoms with Crippen molar-refractivity contribution in [3.8, 4) is 0 Å². The topological polar surface area (TPSA) is 106 Å². The van der Waals surface area contributed by atoms with Crippen molar-refractivity contribution in [1.29, 1.82) is 0 Å². The number of hydrogen-bond donors (Lipinski definition) is 2. The van der Waals surface area contributed by atoms with Crippen LogP contribution >= 0.6 is 0 Å². The van der Waals surface area contributed by atoms with Crippen LogP contribution in [0.2, 0.25) is 0 Å². The number of hydrogen-bond acceptors (Lipinski definition) is 5. The predicted molar refractivity (Wildman–Crippen MR) is 100 cm³/mol. The van der Waals surface area contributed by atoms with Gasteiger partial charge in [0.05, 0.1) is 18.3 Å². The van der Waals surface area contributed by atoms with Crippen LogP contribution in [-0.4, -0.2) is 35.1 Å². The van der Waals surface area contributed by atoms with Crippen molar-refractivity contribution < 1.29 is 17.6 Å². The van der Waals surface area contributed by atoms with Crippen molar-refractivity contribution in [2.75, 3.05) is 5.32 Å². The molecule has 1 amide bonds. The molecule has 2 N–H and O–H groups in total. The fourth-order valence-corrected chi connectivity index (χ4v) is 3.70. The lowest BCUT2D eigenvalue weighted by Gasteiger charge is -2.14. The van der Waals surface area contributed by atoms with Crippen molar-refractivity contribution >= 4 is 21.7 Å². The molecular formula is C18H18FN5O3S. The maximum Gasteiger partial charge on any atom is 0.244 e. The van der Waals surface area contributed by atoms with Gasteiger partial charge in [-0.1, -0.05) is 18.2 Å². The number of anilines is 1. The molecule has 0 aliphatic heterocycles. The van der Waals surface area contributed by atoms with Crippen LogP contribution in [0.4, 0.5) is 10.2 Å². The zero-order valence-corrected chi connectivity index (χ0v) is 15.7. The molecule has 1 aromatic carbocycles. The van der Waals surface area contributed by atoms with Gasteiger partial charge in [-0.3, -0.25) is 14.5 Å². The van der Waals surface area contributed by atoms with Crippen LogP contribution in [0.25, 0.3) is 0 Å². The Morgan fingerprint density at radius 1 is 1.18 bits per heavy atom. The molecule has 0 saturated heterocycles. The molecule has 0 saturated carbocycles. The van der Waals surface area contributed by atoms with E-state index in [0.29, 0.717) is 6.54 Å². The molecule has 28 heavy (non-hydrogen) atoms. The van der Waals surface area contributed by atoms with Gasteiger partial charge < -0.3 is 5.32 Å². The Kier molecular flexibility index (Phi) is 5.81. The van der Waals surface area contributed by atoms with Crippen LogP contribution in [0.15, 0.2) is 65.8 Å². The average molecular weight is 403 g/mol. The first kappa shape index (κ1) is 19.6. The molecule has 10 heteroatoms. The predicted octanol–water partition coefficient (Wildman–Crippen LogP) is 1.77. The second-order valence-electron chi connectivity index (χ2n) is 5.98. The van der Waals surface area contributed by atoms with Crippen molar-refractivity contribution in [3.05, 3.63) is 72.4 Å². The quantitative estimate of drug-likeness (QED) is 0.625. The smallest absolute Gasteiger partial charge is 0.244 e. The van der Waals surface area contributed by atoms with E-state index in [0.717, 1.165) is 17.8 Å². The maximum absolute atomic E-state index is 13.7. The lowest BCUT2D eigenvalue weighted by molar-refractivity contribution is -0.117. The average Bonchev–Trinajstić information content (AvgIpc) is 3.09. The van der Waals surface area contributed by atoms with Crippen molar-refractivity contribution in [2.45, 2.75) is 24.4 Å². The number of carbonyl (C=O) groups excluding carboxylic acids is 1. The molecule has 0 spiro atoms. The van der Waals surface area contributed by atoms with Gasteiger partial charge in [-0.25, -0.2) is 12.8 Å². The van der Waals surface area contributed by atoms with E-state index < -0.39 is 32.7 Å². The number of aromatic nitrogens is 3. The number of benzene rings is 1. The summed E-state index contributed by atoms with van der Waals surface area (Å²) < 4.78 is 42.0. The summed E-state index contributed by atoms with van der Waals surface area (Å²) in [6.07, 6.45) is 3.34. The molecule has 3 rings (SSSR count). The Labute approximate surface area is 161 Å². The normalized spacial score (nSPS) is 12.5. The van der Waals surface area contributed by atoms with Gasteiger partial charge >= 0.3 is 0 Å². The Hall–Kier alpha value is -3.11. The summed E-state index contributed by atoms with van der Waals surface area (Å²) in [7, 11) is -4.18. The molecule has 2 aromatic heterocycles. The Balaban J connectivity index is 1.62. The number of pyridine rings is 1. The summed E-state index contributed by atoms with van der Waals surface area (Å²) in [5.41, 5.74) is 0.800. The molecular weight excluding hydrogens is 385 g/mol. The monoisotopic (exact) mass is 403 g/mol. The molecule has 0 aliphatic carbocycles. The SMILES string of the molecule is C[C@H](NS(=O)(=O)c1ccccc1F)C(=O)Nc1ccn(Cc2ccccn2)n1. The molecule has 8 nitrogen and oxygen atoms in total. The van der Waals surface area contributed by atoms with Crippen LogP contribution in [0.3, 0.4) is 0 Å². The minimum Gasteiger partial charge on any atom is -0.308 e. The van der Waals surface area contributed by atoms with Gasteiger partial charge in [0.25, 0.3) is 0 Å². The van der Waals surface area contributed by atoms with Gasteiger partial charge in [0, 0.05) is 18.5 Å². The maximum atomic E-state index is 13.7. The highest BCUT2D eigenvalue weighted by atomic mass is 32.2. The molecule has 0 fully saturated rings. The van der Waals surface area contributed by atoms with E-state index in [1.165, 1.54) is 19.1 Å². The molecule has 146 valence electrons. The summed E-state index contributed by atoms with van der Waals surface area (Å²) >= 11 is 0. The Morgan fingerprint density at radius 2 is 1.93 bits per heavy atom. The standard InChI is InChI=1S/C18H18FN5O3S/c1-13(23-28(26,27)16-8-3-2-7-15(16)19)18(25)21-17-9-11-24(22-17)12-14-6-4-5-10-20-14/h2-11,13,23H,12H2,1H3,(H,21,22,25)/t13-/m0/s1. The highest BCUT2D eigenvalue weighted by Crippen LogP contribution is 2.14. The number of sulfonamides is 1. The zero-order chi connectivity index (χ0) is 20.1. The highest BCUT2D eigenvalue weighted by molar-refractivity contribution is 7.89. The van der Waals surface area contributed by atoms with Crippen molar-refractivity contribution in [3.63, 3.8) is 0 Å². The van der Waals surface area contributed by atoms with Gasteiger partial charge in [0.15, 0.2) is 5.82 Å². The molecule has 0 aliphatic rings. The van der Waals surface area contributed by atoms with Crippen molar-refractivity contribution in [2.24, 2.45) is 0 Å². The van der Waals surface area contributed by atoms with Crippen LogP contribution in [-0.2, 0) is 21.4 Å². The number of nitrogens with one attached hydrogen (secondary N) is 2. The fraction of sp³-hybridized carbons (Fsp3) is 0.167. The van der Waals surface area contributed by atoms with Gasteiger partial charge in [-0.05, 0) is 31.2 Å². The van der Waals surface area contributed by atoms with Crippen LogP contribution in [0.1, 0.15) is 12.6 Å². The van der Waals surface area contributed by atoms with E-state index in [1.54, 1.807) is 23.1 Å². The van der Waals surface area contributed by atoms with Crippen LogP contribution < -0.4 is 10.0 Å². The lowest BCUT2D eigenvalue weighted by Crippen LogP contribution is -2.41. The molecule has 0 bridgehead atoms. The van der Waals surface area contributed by atoms with E-state index in [-0.39, 0.29) is 5.82 Å². The van der Waals surface area contributed by atoms with Gasteiger partial charge in [0.2, 0.25) is 15.9 Å². The third-order valence-corrected chi connectivity index (χ3v) is 5.37. The van der Waals surface area contributed by atoms with Gasteiger partial charge in [-0.2, -0.15) is 9.82 Å². The molecule has 3 aromatic rings. The minimum atomic E-state index is -4.18. The van der Waals surface area contributed by atoms with Gasteiger partial charge in [-0.15, -0.1) is 0 Å². The number of rotatable bonds is 7. The van der Waals surface area contributed by atoms with Crippen LogP contribution in [0.5, 0.6) is 0 Å². The van der Waals surface area contributed by atoms with E-state index in [4.69, 9.17) is 0 Å². The largest absolute Gasteiger partial charge is 0.308 e. The summed E-state index contributed by atoms with van der Waals surface area (Å²) in [6.45, 7) is 1.78. The van der Waals surface area contributed by atoms with E-state index >= 15 is 0 Å². The molecule has 0 radical (unpaired) electrons. The van der Waals surface area contributed by atoms with E-state index in [2.05, 4.69) is 20.1 Å².